The number of nitrogens with zero attached hydrogens (tertiary/aromatic N) is 1. The molecule has 1 aromatic heterocycles. The normalized spacial score (nSPS) is 9.86. The van der Waals surface area contributed by atoms with Gasteiger partial charge in [0.2, 0.25) is 5.88 Å². The van der Waals surface area contributed by atoms with Crippen molar-refractivity contribution >= 4 is 11.8 Å². The smallest absolute Gasteiger partial charge is 0.259 e. The quantitative estimate of drug-likeness (QED) is 0.848. The summed E-state index contributed by atoms with van der Waals surface area (Å²) in [6.07, 6.45) is 0.249. The van der Waals surface area contributed by atoms with E-state index in [-0.39, 0.29) is 30.0 Å². The molecule has 1 aromatic carbocycles. The Kier molecular flexibility index (Phi) is 4.69. The summed E-state index contributed by atoms with van der Waals surface area (Å²) in [5.74, 6) is 4.57. The predicted octanol–water partition coefficient (Wildman–Crippen LogP) is 2.11. The van der Waals surface area contributed by atoms with Gasteiger partial charge in [-0.25, -0.2) is 4.39 Å². The van der Waals surface area contributed by atoms with Gasteiger partial charge in [-0.15, -0.1) is 0 Å². The third-order valence-corrected chi connectivity index (χ3v) is 2.55. The lowest BCUT2D eigenvalue weighted by atomic mass is 10.1. The Hall–Kier alpha value is -2.65. The van der Waals surface area contributed by atoms with Crippen LogP contribution in [0.2, 0.25) is 0 Å². The fraction of sp³-hybridized carbons (Fsp3) is 0.200. The van der Waals surface area contributed by atoms with Gasteiger partial charge >= 0.3 is 0 Å². The van der Waals surface area contributed by atoms with E-state index in [0.29, 0.717) is 5.69 Å². The van der Waals surface area contributed by atoms with E-state index >= 15 is 0 Å². The first-order valence-corrected chi connectivity index (χ1v) is 6.24. The largest absolute Gasteiger partial charge is 0.395 e. The van der Waals surface area contributed by atoms with E-state index in [9.17, 15) is 9.18 Å². The summed E-state index contributed by atoms with van der Waals surface area (Å²) in [6.45, 7) is 1.63. The van der Waals surface area contributed by atoms with Gasteiger partial charge in [-0.05, 0) is 25.1 Å². The molecule has 2 rings (SSSR count). The highest BCUT2D eigenvalue weighted by Gasteiger charge is 2.13. The Bertz CT molecular complexity index is 713. The van der Waals surface area contributed by atoms with Crippen LogP contribution in [-0.2, 0) is 0 Å². The molecule has 5 nitrogen and oxygen atoms in total. The van der Waals surface area contributed by atoms with Crippen molar-refractivity contribution in [3.8, 4) is 11.8 Å². The van der Waals surface area contributed by atoms with E-state index < -0.39 is 11.7 Å². The number of benzene rings is 1. The molecule has 0 aliphatic carbocycles. The summed E-state index contributed by atoms with van der Waals surface area (Å²) < 4.78 is 18.2. The number of aryl methyl sites for hydroxylation is 1. The zero-order chi connectivity index (χ0) is 15.2. The molecule has 0 unspecified atom stereocenters. The molecule has 0 aliphatic heterocycles. The highest BCUT2D eigenvalue weighted by atomic mass is 19.1. The third-order valence-electron chi connectivity index (χ3n) is 2.55. The average Bonchev–Trinajstić information content (AvgIpc) is 2.84. The lowest BCUT2D eigenvalue weighted by molar-refractivity contribution is 0.102. The van der Waals surface area contributed by atoms with E-state index in [0.717, 1.165) is 0 Å². The number of hydrogen-bond acceptors (Lipinski definition) is 4. The number of amides is 1. The number of rotatable bonds is 3. The first-order chi connectivity index (χ1) is 10.1. The maximum absolute atomic E-state index is 13.3. The van der Waals surface area contributed by atoms with Crippen molar-refractivity contribution in [3.05, 3.63) is 46.9 Å². The molecule has 6 heteroatoms. The number of hydrogen-bond donors (Lipinski definition) is 2. The molecule has 1 amide bonds. The van der Waals surface area contributed by atoms with Crippen molar-refractivity contribution in [2.75, 3.05) is 11.9 Å². The molecule has 0 fully saturated rings. The van der Waals surface area contributed by atoms with Gasteiger partial charge in [0.1, 0.15) is 5.82 Å². The van der Waals surface area contributed by atoms with Gasteiger partial charge in [0.05, 0.1) is 17.9 Å². The summed E-state index contributed by atoms with van der Waals surface area (Å²) in [7, 11) is 0. The second-order valence-corrected chi connectivity index (χ2v) is 4.25. The number of aliphatic hydroxyl groups excluding tert-OH is 1. The van der Waals surface area contributed by atoms with Crippen molar-refractivity contribution in [2.24, 2.45) is 0 Å². The monoisotopic (exact) mass is 288 g/mol. The summed E-state index contributed by atoms with van der Waals surface area (Å²) in [6, 6.07) is 5.26. The Morgan fingerprint density at radius 3 is 2.95 bits per heavy atom. The van der Waals surface area contributed by atoms with Crippen LogP contribution in [0.25, 0.3) is 0 Å². The molecule has 21 heavy (non-hydrogen) atoms. The Balaban J connectivity index is 2.26. The third kappa shape index (κ3) is 3.91. The summed E-state index contributed by atoms with van der Waals surface area (Å²) in [5, 5.41) is 14.9. The number of aromatic nitrogens is 1. The molecule has 2 N–H and O–H groups in total. The first-order valence-electron chi connectivity index (χ1n) is 6.24. The van der Waals surface area contributed by atoms with Crippen LogP contribution in [0, 0.1) is 24.6 Å². The second-order valence-electron chi connectivity index (χ2n) is 4.25. The van der Waals surface area contributed by atoms with Crippen LogP contribution in [0.3, 0.4) is 0 Å². The number of aliphatic hydroxyl groups is 1. The van der Waals surface area contributed by atoms with Crippen LogP contribution in [0.5, 0.6) is 0 Å². The molecular formula is C15H13FN2O3. The van der Waals surface area contributed by atoms with Crippen LogP contribution in [0.15, 0.2) is 28.8 Å². The number of nitrogens with one attached hydrogen (secondary N) is 1. The van der Waals surface area contributed by atoms with Crippen molar-refractivity contribution in [3.63, 3.8) is 0 Å². The average molecular weight is 288 g/mol. The zero-order valence-electron chi connectivity index (χ0n) is 11.3. The Morgan fingerprint density at radius 1 is 1.48 bits per heavy atom. The van der Waals surface area contributed by atoms with Crippen molar-refractivity contribution in [1.29, 1.82) is 0 Å². The van der Waals surface area contributed by atoms with Crippen LogP contribution >= 0.6 is 0 Å². The molecule has 0 aliphatic rings. The molecule has 0 radical (unpaired) electrons. The van der Waals surface area contributed by atoms with Gasteiger partial charge < -0.3 is 9.63 Å². The molecule has 2 aromatic rings. The maximum atomic E-state index is 13.3. The van der Waals surface area contributed by atoms with Gasteiger partial charge in [-0.1, -0.05) is 17.0 Å². The molecule has 1 heterocycles. The highest BCUT2D eigenvalue weighted by Crippen LogP contribution is 2.14. The molecule has 0 saturated carbocycles. The molecule has 0 bridgehead atoms. The standard InChI is InChI=1S/C15H13FN2O3/c1-10-8-14(21-18-10)17-15(20)13-6-5-12(16)9-11(13)4-2-3-7-19/h5-6,8-9,19H,3,7H2,1H3,(H,17,20). The predicted molar refractivity (Wildman–Crippen MR) is 74.2 cm³/mol. The summed E-state index contributed by atoms with van der Waals surface area (Å²) in [5.41, 5.74) is 1.10. The van der Waals surface area contributed by atoms with Crippen LogP contribution in [0.1, 0.15) is 28.0 Å². The van der Waals surface area contributed by atoms with Crippen molar-refractivity contribution in [1.82, 2.24) is 5.16 Å². The van der Waals surface area contributed by atoms with Crippen LogP contribution in [-0.4, -0.2) is 22.8 Å². The molecule has 0 saturated heterocycles. The van der Waals surface area contributed by atoms with Gasteiger partial charge in [0, 0.05) is 18.1 Å². The van der Waals surface area contributed by atoms with E-state index in [1.165, 1.54) is 18.2 Å². The lowest BCUT2D eigenvalue weighted by Gasteiger charge is -2.04. The van der Waals surface area contributed by atoms with Crippen LogP contribution < -0.4 is 5.32 Å². The Labute approximate surface area is 120 Å². The number of halogens is 1. The minimum absolute atomic E-state index is 0.0960. The summed E-state index contributed by atoms with van der Waals surface area (Å²) in [4.78, 5) is 12.1. The topological polar surface area (TPSA) is 75.4 Å². The van der Waals surface area contributed by atoms with Crippen molar-refractivity contribution in [2.45, 2.75) is 13.3 Å². The van der Waals surface area contributed by atoms with Gasteiger partial charge in [0.15, 0.2) is 0 Å². The molecular weight excluding hydrogens is 275 g/mol. The first kappa shape index (κ1) is 14.8. The fourth-order valence-corrected chi connectivity index (χ4v) is 1.63. The van der Waals surface area contributed by atoms with Gasteiger partial charge in [-0.3, -0.25) is 10.1 Å². The van der Waals surface area contributed by atoms with E-state index in [2.05, 4.69) is 22.3 Å². The highest BCUT2D eigenvalue weighted by molar-refractivity contribution is 6.05. The SMILES string of the molecule is Cc1cc(NC(=O)c2ccc(F)cc2C#CCCO)on1. The Morgan fingerprint density at radius 2 is 2.29 bits per heavy atom. The van der Waals surface area contributed by atoms with E-state index in [4.69, 9.17) is 9.63 Å². The number of carbonyl (C=O) groups is 1. The molecule has 0 spiro atoms. The minimum Gasteiger partial charge on any atom is -0.395 e. The van der Waals surface area contributed by atoms with Crippen LogP contribution in [0.4, 0.5) is 10.3 Å². The summed E-state index contributed by atoms with van der Waals surface area (Å²) >= 11 is 0. The van der Waals surface area contributed by atoms with Gasteiger partial charge in [-0.2, -0.15) is 0 Å². The maximum Gasteiger partial charge on any atom is 0.259 e. The number of anilines is 1. The fourth-order valence-electron chi connectivity index (χ4n) is 1.63. The number of carbonyl (C=O) groups excluding carboxylic acids is 1. The second kappa shape index (κ2) is 6.68. The van der Waals surface area contributed by atoms with E-state index in [1.54, 1.807) is 13.0 Å². The molecule has 0 atom stereocenters. The van der Waals surface area contributed by atoms with Gasteiger partial charge in [0.25, 0.3) is 5.91 Å². The zero-order valence-corrected chi connectivity index (χ0v) is 11.3. The van der Waals surface area contributed by atoms with E-state index in [1.807, 2.05) is 0 Å². The molecule has 108 valence electrons. The van der Waals surface area contributed by atoms with Crippen molar-refractivity contribution < 1.29 is 18.8 Å². The lowest BCUT2D eigenvalue weighted by Crippen LogP contribution is -2.13. The minimum atomic E-state index is -0.490.